The quantitative estimate of drug-likeness (QED) is 0.624. The minimum atomic E-state index is -1.14. The smallest absolute Gasteiger partial charge is 0.137 e. The second-order valence-electron chi connectivity index (χ2n) is 10.9. The van der Waals surface area contributed by atoms with E-state index < -0.39 is 12.1 Å². The number of hydrogen-bond donors (Lipinski definition) is 0. The summed E-state index contributed by atoms with van der Waals surface area (Å²) in [5.74, 6) is 0.738. The first-order chi connectivity index (χ1) is 16.3. The van der Waals surface area contributed by atoms with E-state index in [0.29, 0.717) is 24.5 Å². The van der Waals surface area contributed by atoms with Gasteiger partial charge in [0.15, 0.2) is 0 Å². The number of carbonyl (C=O) groups is 1. The van der Waals surface area contributed by atoms with Crippen molar-refractivity contribution >= 4 is 6.09 Å². The number of piperidine rings is 3. The summed E-state index contributed by atoms with van der Waals surface area (Å²) in [6.45, 7) is 9.65. The fraction of sp³-hybridized carbons (Fsp3) is 0.536. The van der Waals surface area contributed by atoms with E-state index in [1.807, 2.05) is 37.3 Å². The average Bonchev–Trinajstić information content (AvgIpc) is 3.07. The normalized spacial score (nSPS) is 26.8. The minimum absolute atomic E-state index is 0.0992. The predicted molar refractivity (Wildman–Crippen MR) is 128 cm³/mol. The van der Waals surface area contributed by atoms with Gasteiger partial charge in [0.2, 0.25) is 0 Å². The van der Waals surface area contributed by atoms with Crippen LogP contribution in [0.1, 0.15) is 57.2 Å². The van der Waals surface area contributed by atoms with Gasteiger partial charge in [-0.2, -0.15) is 0 Å². The Morgan fingerprint density at radius 2 is 2.00 bits per heavy atom. The molecule has 34 heavy (non-hydrogen) atoms. The number of benzene rings is 2. The van der Waals surface area contributed by atoms with E-state index in [1.165, 1.54) is 0 Å². The van der Waals surface area contributed by atoms with Gasteiger partial charge in [-0.1, -0.05) is 32.9 Å². The SMILES string of the molecule is CCCOc1cccc(-c2cc3c(cc2F)[C@H](N(C(=O)[O-])[C@@H]2CN4CCC2CC4)C(C)(C)C3)c1. The molecule has 0 unspecified atom stereocenters. The molecule has 2 aromatic carbocycles. The van der Waals surface area contributed by atoms with Gasteiger partial charge in [0, 0.05) is 18.2 Å². The molecule has 5 nitrogen and oxygen atoms in total. The van der Waals surface area contributed by atoms with Gasteiger partial charge in [0.1, 0.15) is 17.7 Å². The van der Waals surface area contributed by atoms with Crippen LogP contribution in [-0.2, 0) is 6.42 Å². The van der Waals surface area contributed by atoms with Crippen molar-refractivity contribution in [1.82, 2.24) is 9.80 Å². The number of carboxylic acid groups (broad SMARTS) is 1. The standard InChI is InChI=1S/C28H35FN2O3/c1-4-12-34-21-7-5-6-19(13-21)22-14-20-16-28(2,3)26(23(20)15-24(22)29)31(27(32)33)25-17-30-10-8-18(25)9-11-30/h5-7,13-15,18,25-26H,4,8-12,16-17H2,1-3H3,(H,32,33)/p-1/t25-,26+/m1/s1. The van der Waals surface area contributed by atoms with Crippen LogP contribution in [0.15, 0.2) is 36.4 Å². The lowest BCUT2D eigenvalue weighted by Gasteiger charge is -2.53. The van der Waals surface area contributed by atoms with Crippen LogP contribution >= 0.6 is 0 Å². The summed E-state index contributed by atoms with van der Waals surface area (Å²) in [7, 11) is 0. The Kier molecular flexibility index (Phi) is 6.05. The zero-order chi connectivity index (χ0) is 24.0. The highest BCUT2D eigenvalue weighted by Crippen LogP contribution is 2.52. The van der Waals surface area contributed by atoms with Crippen molar-refractivity contribution in [2.24, 2.45) is 11.3 Å². The van der Waals surface area contributed by atoms with Crippen LogP contribution in [0.4, 0.5) is 9.18 Å². The number of halogens is 1. The molecule has 2 atom stereocenters. The first kappa shape index (κ1) is 23.2. The van der Waals surface area contributed by atoms with E-state index in [9.17, 15) is 9.90 Å². The molecule has 1 amide bonds. The Morgan fingerprint density at radius 3 is 2.65 bits per heavy atom. The lowest BCUT2D eigenvalue weighted by atomic mass is 9.79. The van der Waals surface area contributed by atoms with Crippen LogP contribution in [0.5, 0.6) is 5.75 Å². The summed E-state index contributed by atoms with van der Waals surface area (Å²) in [6.07, 6.45) is 2.48. The number of fused-ring (bicyclic) bond motifs is 4. The first-order valence-corrected chi connectivity index (χ1v) is 12.6. The molecule has 3 fully saturated rings. The Labute approximate surface area is 201 Å². The van der Waals surface area contributed by atoms with Crippen molar-refractivity contribution in [3.05, 3.63) is 53.3 Å². The fourth-order valence-corrected chi connectivity index (χ4v) is 6.45. The van der Waals surface area contributed by atoms with Crippen LogP contribution in [0.3, 0.4) is 0 Å². The van der Waals surface area contributed by atoms with Crippen molar-refractivity contribution in [3.8, 4) is 16.9 Å². The highest BCUT2D eigenvalue weighted by molar-refractivity contribution is 5.69. The van der Waals surface area contributed by atoms with Crippen LogP contribution in [0.25, 0.3) is 11.1 Å². The molecule has 3 heterocycles. The molecule has 0 saturated carbocycles. The Hall–Kier alpha value is -2.60. The zero-order valence-electron chi connectivity index (χ0n) is 20.4. The van der Waals surface area contributed by atoms with E-state index in [1.54, 1.807) is 11.0 Å². The number of nitrogens with zero attached hydrogens (tertiary/aromatic N) is 2. The number of ether oxygens (including phenoxy) is 1. The Balaban J connectivity index is 1.52. The first-order valence-electron chi connectivity index (χ1n) is 12.6. The summed E-state index contributed by atoms with van der Waals surface area (Å²) in [4.78, 5) is 16.5. The topological polar surface area (TPSA) is 55.8 Å². The van der Waals surface area contributed by atoms with Gasteiger partial charge < -0.3 is 24.4 Å². The molecule has 2 bridgehead atoms. The van der Waals surface area contributed by atoms with E-state index in [2.05, 4.69) is 18.7 Å². The molecule has 6 rings (SSSR count). The van der Waals surface area contributed by atoms with Gasteiger partial charge in [-0.3, -0.25) is 0 Å². The second kappa shape index (κ2) is 8.88. The van der Waals surface area contributed by atoms with Crippen LogP contribution in [0, 0.1) is 17.2 Å². The molecule has 4 aliphatic rings. The highest BCUT2D eigenvalue weighted by atomic mass is 19.1. The molecule has 2 aromatic rings. The van der Waals surface area contributed by atoms with Crippen molar-refractivity contribution in [3.63, 3.8) is 0 Å². The van der Waals surface area contributed by atoms with Gasteiger partial charge >= 0.3 is 0 Å². The Morgan fingerprint density at radius 1 is 1.24 bits per heavy atom. The van der Waals surface area contributed by atoms with Crippen molar-refractivity contribution < 1.29 is 19.0 Å². The number of rotatable bonds is 6. The summed E-state index contributed by atoms with van der Waals surface area (Å²) in [5, 5.41) is 12.5. The van der Waals surface area contributed by atoms with E-state index in [0.717, 1.165) is 61.3 Å². The molecule has 3 saturated heterocycles. The molecule has 6 heteroatoms. The van der Waals surface area contributed by atoms with Crippen molar-refractivity contribution in [2.45, 2.75) is 58.5 Å². The van der Waals surface area contributed by atoms with E-state index in [4.69, 9.17) is 4.74 Å². The van der Waals surface area contributed by atoms with Gasteiger partial charge in [-0.15, -0.1) is 0 Å². The van der Waals surface area contributed by atoms with Gasteiger partial charge in [0.25, 0.3) is 0 Å². The van der Waals surface area contributed by atoms with Crippen LogP contribution in [-0.4, -0.2) is 48.2 Å². The monoisotopic (exact) mass is 465 g/mol. The average molecular weight is 466 g/mol. The third kappa shape index (κ3) is 4.06. The van der Waals surface area contributed by atoms with Gasteiger partial charge in [-0.25, -0.2) is 4.39 Å². The molecule has 182 valence electrons. The number of amides is 1. The van der Waals surface area contributed by atoms with E-state index in [-0.39, 0.29) is 17.3 Å². The number of hydrogen-bond acceptors (Lipinski definition) is 4. The molecular formula is C28H34FN2O3-. The summed E-state index contributed by atoms with van der Waals surface area (Å²) < 4.78 is 21.3. The summed E-state index contributed by atoms with van der Waals surface area (Å²) in [6, 6.07) is 10.5. The summed E-state index contributed by atoms with van der Waals surface area (Å²) >= 11 is 0. The number of carbonyl (C=O) groups excluding carboxylic acids is 1. The third-order valence-electron chi connectivity index (χ3n) is 8.00. The highest BCUT2D eigenvalue weighted by Gasteiger charge is 2.48. The van der Waals surface area contributed by atoms with Crippen molar-refractivity contribution in [2.75, 3.05) is 26.2 Å². The lowest BCUT2D eigenvalue weighted by molar-refractivity contribution is -0.276. The zero-order valence-corrected chi connectivity index (χ0v) is 20.4. The minimum Gasteiger partial charge on any atom is -0.530 e. The fourth-order valence-electron chi connectivity index (χ4n) is 6.45. The molecular weight excluding hydrogens is 431 g/mol. The third-order valence-corrected chi connectivity index (χ3v) is 8.00. The largest absolute Gasteiger partial charge is 0.530 e. The molecule has 3 aliphatic heterocycles. The molecule has 0 spiro atoms. The Bertz CT molecular complexity index is 1080. The maximum absolute atomic E-state index is 15.6. The van der Waals surface area contributed by atoms with Crippen LogP contribution in [0.2, 0.25) is 0 Å². The second-order valence-corrected chi connectivity index (χ2v) is 10.9. The van der Waals surface area contributed by atoms with Gasteiger partial charge in [0.05, 0.1) is 12.6 Å². The van der Waals surface area contributed by atoms with E-state index >= 15 is 4.39 Å². The maximum Gasteiger partial charge on any atom is 0.137 e. The predicted octanol–water partition coefficient (Wildman–Crippen LogP) is 4.64. The molecule has 0 aromatic heterocycles. The van der Waals surface area contributed by atoms with Crippen molar-refractivity contribution in [1.29, 1.82) is 0 Å². The summed E-state index contributed by atoms with van der Waals surface area (Å²) in [5.41, 5.74) is 2.74. The van der Waals surface area contributed by atoms with Crippen LogP contribution < -0.4 is 9.84 Å². The van der Waals surface area contributed by atoms with Gasteiger partial charge in [-0.05, 0) is 91.1 Å². The maximum atomic E-state index is 15.6. The lowest BCUT2D eigenvalue weighted by Crippen LogP contribution is -2.62. The molecule has 0 N–H and O–H groups in total. The molecule has 1 aliphatic carbocycles. The molecule has 0 radical (unpaired) electrons.